The van der Waals surface area contributed by atoms with Crippen molar-refractivity contribution >= 4 is 0 Å². The second-order valence-electron chi connectivity index (χ2n) is 12.2. The molecule has 4 aliphatic carbocycles. The van der Waals surface area contributed by atoms with Gasteiger partial charge in [0.2, 0.25) is 0 Å². The Morgan fingerprint density at radius 3 is 2.55 bits per heavy atom. The standard InChI is InChI=1S/C26H48N2O3/c1-24-12-10-21(29)17-19(24)7-8-23-22(24)11-13-25(2)20(9-14-26(23,25)30)18-27-31-16-6-5-15-28(3)4/h19-23,27,29-30H,5-18H2,1-4H3/t19-,20-,21+,22+,23-,24+,25-,26+/m1/s1. The van der Waals surface area contributed by atoms with Crippen molar-refractivity contribution in [2.24, 2.45) is 34.5 Å². The lowest BCUT2D eigenvalue weighted by atomic mass is 9.43. The van der Waals surface area contributed by atoms with Crippen LogP contribution in [0.5, 0.6) is 0 Å². The number of unbranched alkanes of at least 4 members (excludes halogenated alkanes) is 1. The van der Waals surface area contributed by atoms with E-state index in [0.717, 1.165) is 77.5 Å². The highest BCUT2D eigenvalue weighted by atomic mass is 16.6. The normalized spacial score (nSPS) is 47.1. The summed E-state index contributed by atoms with van der Waals surface area (Å²) in [6.07, 6.45) is 12.0. The molecular weight excluding hydrogens is 388 g/mol. The van der Waals surface area contributed by atoms with Gasteiger partial charge in [0.1, 0.15) is 0 Å². The fourth-order valence-electron chi connectivity index (χ4n) is 8.48. The summed E-state index contributed by atoms with van der Waals surface area (Å²) in [4.78, 5) is 7.98. The molecule has 0 aromatic rings. The predicted octanol–water partition coefficient (Wildman–Crippen LogP) is 3.98. The second-order valence-corrected chi connectivity index (χ2v) is 12.2. The first-order valence-corrected chi connectivity index (χ1v) is 13.1. The van der Waals surface area contributed by atoms with Gasteiger partial charge >= 0.3 is 0 Å². The molecule has 3 N–H and O–H groups in total. The first-order chi connectivity index (χ1) is 14.7. The maximum Gasteiger partial charge on any atom is 0.0735 e. The Labute approximate surface area is 190 Å². The summed E-state index contributed by atoms with van der Waals surface area (Å²) < 4.78 is 0. The lowest BCUT2D eigenvalue weighted by Crippen LogP contribution is -2.62. The molecule has 0 saturated heterocycles. The summed E-state index contributed by atoms with van der Waals surface area (Å²) in [5.74, 6) is 2.18. The average molecular weight is 437 g/mol. The van der Waals surface area contributed by atoms with Gasteiger partial charge in [0.25, 0.3) is 0 Å². The minimum absolute atomic E-state index is 0.00712. The largest absolute Gasteiger partial charge is 0.393 e. The quantitative estimate of drug-likeness (QED) is 0.397. The molecule has 0 radical (unpaired) electrons. The molecular formula is C26H48N2O3. The van der Waals surface area contributed by atoms with Gasteiger partial charge in [-0.2, -0.15) is 0 Å². The fourth-order valence-corrected chi connectivity index (χ4v) is 8.48. The zero-order valence-corrected chi connectivity index (χ0v) is 20.5. The van der Waals surface area contributed by atoms with E-state index < -0.39 is 5.60 Å². The van der Waals surface area contributed by atoms with Crippen LogP contribution in [0.25, 0.3) is 0 Å². The molecule has 5 nitrogen and oxygen atoms in total. The Balaban J connectivity index is 1.35. The Bertz CT molecular complexity index is 615. The number of hydroxylamine groups is 1. The van der Waals surface area contributed by atoms with Crippen molar-refractivity contribution in [1.29, 1.82) is 0 Å². The third-order valence-electron chi connectivity index (χ3n) is 10.5. The van der Waals surface area contributed by atoms with Gasteiger partial charge in [0.15, 0.2) is 0 Å². The molecule has 180 valence electrons. The molecule has 0 spiro atoms. The lowest BCUT2D eigenvalue weighted by molar-refractivity contribution is -0.211. The van der Waals surface area contributed by atoms with E-state index in [1.807, 2.05) is 0 Å². The van der Waals surface area contributed by atoms with E-state index in [-0.39, 0.29) is 11.5 Å². The maximum absolute atomic E-state index is 12.2. The summed E-state index contributed by atoms with van der Waals surface area (Å²) in [6, 6.07) is 0. The van der Waals surface area contributed by atoms with Crippen molar-refractivity contribution in [3.8, 4) is 0 Å². The Morgan fingerprint density at radius 1 is 0.968 bits per heavy atom. The van der Waals surface area contributed by atoms with Gasteiger partial charge in [-0.05, 0) is 120 Å². The van der Waals surface area contributed by atoms with Gasteiger partial charge in [-0.3, -0.25) is 0 Å². The Morgan fingerprint density at radius 2 is 1.77 bits per heavy atom. The van der Waals surface area contributed by atoms with Gasteiger partial charge < -0.3 is 20.0 Å². The maximum atomic E-state index is 12.2. The molecule has 0 heterocycles. The SMILES string of the molecule is CN(C)CCCCONC[C@H]1CC[C@]2(O)[C@@H]3CC[C@@H]4C[C@@H](O)CC[C@]4(C)[C@H]3CC[C@]12C. The van der Waals surface area contributed by atoms with Crippen LogP contribution in [-0.2, 0) is 4.84 Å². The van der Waals surface area contributed by atoms with Crippen molar-refractivity contribution < 1.29 is 15.1 Å². The highest BCUT2D eigenvalue weighted by Gasteiger charge is 2.66. The first-order valence-electron chi connectivity index (χ1n) is 13.1. The number of nitrogens with zero attached hydrogens (tertiary/aromatic N) is 1. The molecule has 0 aromatic heterocycles. The third-order valence-corrected chi connectivity index (χ3v) is 10.5. The smallest absolute Gasteiger partial charge is 0.0735 e. The third kappa shape index (κ3) is 4.23. The molecule has 4 rings (SSSR count). The number of aliphatic hydroxyl groups is 2. The molecule has 0 bridgehead atoms. The minimum atomic E-state index is -0.530. The second kappa shape index (κ2) is 9.21. The molecule has 0 amide bonds. The number of fused-ring (bicyclic) bond motifs is 5. The lowest BCUT2D eigenvalue weighted by Gasteiger charge is -2.63. The van der Waals surface area contributed by atoms with E-state index in [4.69, 9.17) is 4.84 Å². The van der Waals surface area contributed by atoms with E-state index in [2.05, 4.69) is 38.3 Å². The van der Waals surface area contributed by atoms with E-state index in [9.17, 15) is 10.2 Å². The van der Waals surface area contributed by atoms with Crippen molar-refractivity contribution in [3.63, 3.8) is 0 Å². The molecule has 5 heteroatoms. The Kier molecular flexibility index (Phi) is 7.11. The number of nitrogens with one attached hydrogen (secondary N) is 1. The van der Waals surface area contributed by atoms with Crippen LogP contribution < -0.4 is 5.48 Å². The van der Waals surface area contributed by atoms with Crippen LogP contribution in [0.4, 0.5) is 0 Å². The van der Waals surface area contributed by atoms with Crippen LogP contribution in [0, 0.1) is 34.5 Å². The molecule has 8 atom stereocenters. The summed E-state index contributed by atoms with van der Waals surface area (Å²) in [5, 5.41) is 22.4. The Hall–Kier alpha value is -0.200. The number of hydrogen-bond donors (Lipinski definition) is 3. The van der Waals surface area contributed by atoms with Gasteiger partial charge in [0.05, 0.1) is 18.3 Å². The van der Waals surface area contributed by atoms with Gasteiger partial charge in [0, 0.05) is 12.0 Å². The molecule has 31 heavy (non-hydrogen) atoms. The van der Waals surface area contributed by atoms with Crippen molar-refractivity contribution in [2.75, 3.05) is 33.8 Å². The van der Waals surface area contributed by atoms with Crippen LogP contribution in [0.3, 0.4) is 0 Å². The molecule has 4 aliphatic rings. The van der Waals surface area contributed by atoms with Crippen LogP contribution in [0.15, 0.2) is 0 Å². The van der Waals surface area contributed by atoms with E-state index in [0.29, 0.717) is 29.1 Å². The van der Waals surface area contributed by atoms with Crippen LogP contribution in [0.1, 0.15) is 84.5 Å². The summed E-state index contributed by atoms with van der Waals surface area (Å²) in [7, 11) is 4.22. The van der Waals surface area contributed by atoms with Crippen molar-refractivity contribution in [3.05, 3.63) is 0 Å². The molecule has 0 unspecified atom stereocenters. The van der Waals surface area contributed by atoms with E-state index in [1.54, 1.807) is 0 Å². The molecule has 0 aliphatic heterocycles. The number of aliphatic hydroxyl groups excluding tert-OH is 1. The number of hydrogen-bond acceptors (Lipinski definition) is 5. The predicted molar refractivity (Wildman–Crippen MR) is 124 cm³/mol. The fraction of sp³-hybridized carbons (Fsp3) is 1.00. The molecule has 0 aromatic carbocycles. The highest BCUT2D eigenvalue weighted by Crippen LogP contribution is 2.68. The minimum Gasteiger partial charge on any atom is -0.393 e. The average Bonchev–Trinajstić information content (AvgIpc) is 2.99. The highest BCUT2D eigenvalue weighted by molar-refractivity contribution is 5.16. The van der Waals surface area contributed by atoms with Crippen molar-refractivity contribution in [1.82, 2.24) is 10.4 Å². The zero-order chi connectivity index (χ0) is 22.3. The summed E-state index contributed by atoms with van der Waals surface area (Å²) in [5.41, 5.74) is 3.04. The van der Waals surface area contributed by atoms with Crippen LogP contribution in [-0.4, -0.2) is 60.6 Å². The molecule has 4 fully saturated rings. The van der Waals surface area contributed by atoms with Crippen molar-refractivity contribution in [2.45, 2.75) is 96.2 Å². The summed E-state index contributed by atoms with van der Waals surface area (Å²) >= 11 is 0. The topological polar surface area (TPSA) is 65.0 Å². The van der Waals surface area contributed by atoms with Crippen LogP contribution in [0.2, 0.25) is 0 Å². The molecule has 4 saturated carbocycles. The summed E-state index contributed by atoms with van der Waals surface area (Å²) in [6.45, 7) is 7.59. The monoisotopic (exact) mass is 436 g/mol. The van der Waals surface area contributed by atoms with Gasteiger partial charge in [-0.1, -0.05) is 13.8 Å². The number of rotatable bonds is 8. The van der Waals surface area contributed by atoms with E-state index >= 15 is 0 Å². The zero-order valence-electron chi connectivity index (χ0n) is 20.5. The van der Waals surface area contributed by atoms with E-state index in [1.165, 1.54) is 12.8 Å². The van der Waals surface area contributed by atoms with Gasteiger partial charge in [-0.25, -0.2) is 5.48 Å². The van der Waals surface area contributed by atoms with Gasteiger partial charge in [-0.15, -0.1) is 0 Å². The first kappa shape index (κ1) is 23.9. The van der Waals surface area contributed by atoms with Crippen LogP contribution >= 0.6 is 0 Å².